The fourth-order valence-electron chi connectivity index (χ4n) is 1.13. The summed E-state index contributed by atoms with van der Waals surface area (Å²) in [4.78, 5) is 22.7. The highest BCUT2D eigenvalue weighted by atomic mass is 16.6. The molecule has 0 unspecified atom stereocenters. The van der Waals surface area contributed by atoms with Gasteiger partial charge in [-0.2, -0.15) is 0 Å². The van der Waals surface area contributed by atoms with E-state index in [9.17, 15) is 9.59 Å². The second kappa shape index (κ2) is 5.90. The number of carbonyl (C=O) groups excluding carboxylic acids is 2. The molecule has 0 bridgehead atoms. The summed E-state index contributed by atoms with van der Waals surface area (Å²) in [5.74, 6) is -0.138. The first-order valence-corrected chi connectivity index (χ1v) is 5.12. The van der Waals surface area contributed by atoms with E-state index < -0.39 is 6.09 Å². The fraction of sp³-hybridized carbons (Fsp3) is 0.333. The molecule has 16 heavy (non-hydrogen) atoms. The van der Waals surface area contributed by atoms with E-state index in [1.165, 1.54) is 0 Å². The number of alkyl carbamates (subject to hydrolysis) is 1. The molecule has 0 fully saturated rings. The zero-order valence-corrected chi connectivity index (χ0v) is 9.40. The molecule has 0 saturated carbocycles. The van der Waals surface area contributed by atoms with Gasteiger partial charge in [0.15, 0.2) is 5.78 Å². The summed E-state index contributed by atoms with van der Waals surface area (Å²) in [6.07, 6.45) is -0.758. The second-order valence-electron chi connectivity index (χ2n) is 3.60. The number of Topliss-reactive ketones (excluding diaryl/α,β-unsaturated/α-hetero) is 1. The molecule has 0 saturated heterocycles. The molecule has 0 aliphatic carbocycles. The van der Waals surface area contributed by atoms with Crippen LogP contribution in [0.5, 0.6) is 0 Å². The van der Waals surface area contributed by atoms with Crippen LogP contribution in [0.1, 0.15) is 24.2 Å². The molecule has 0 aliphatic heterocycles. The number of rotatable bonds is 4. The van der Waals surface area contributed by atoms with E-state index in [0.717, 1.165) is 0 Å². The third-order valence-corrected chi connectivity index (χ3v) is 1.83. The summed E-state index contributed by atoms with van der Waals surface area (Å²) in [5, 5.41) is 2.40. The lowest BCUT2D eigenvalue weighted by molar-refractivity contribution is 0.0951. The van der Waals surface area contributed by atoms with Crippen LogP contribution >= 0.6 is 0 Å². The standard InChI is InChI=1S/C12H15NO3/c1-9(2)16-12(15)13-8-11(14)10-6-4-3-5-7-10/h3-7,9H,8H2,1-2H3,(H,13,15). The van der Waals surface area contributed by atoms with Crippen LogP contribution in [0.25, 0.3) is 0 Å². The molecule has 86 valence electrons. The number of ether oxygens (including phenoxy) is 1. The van der Waals surface area contributed by atoms with Gasteiger partial charge in [0.25, 0.3) is 0 Å². The van der Waals surface area contributed by atoms with E-state index in [2.05, 4.69) is 5.32 Å². The van der Waals surface area contributed by atoms with Crippen LogP contribution in [-0.2, 0) is 4.74 Å². The molecule has 1 rings (SSSR count). The predicted octanol–water partition coefficient (Wildman–Crippen LogP) is 2.00. The van der Waals surface area contributed by atoms with E-state index in [-0.39, 0.29) is 18.4 Å². The molecular formula is C12H15NO3. The Labute approximate surface area is 94.6 Å². The van der Waals surface area contributed by atoms with Crippen molar-refractivity contribution in [2.24, 2.45) is 0 Å². The number of ketones is 1. The Morgan fingerprint density at radius 1 is 1.25 bits per heavy atom. The Bertz CT molecular complexity index is 360. The normalized spacial score (nSPS) is 9.94. The number of carbonyl (C=O) groups is 2. The lowest BCUT2D eigenvalue weighted by atomic mass is 10.1. The minimum absolute atomic E-state index is 0.0461. The van der Waals surface area contributed by atoms with Crippen molar-refractivity contribution in [1.82, 2.24) is 5.32 Å². The zero-order chi connectivity index (χ0) is 12.0. The van der Waals surface area contributed by atoms with Crippen LogP contribution in [-0.4, -0.2) is 24.5 Å². The van der Waals surface area contributed by atoms with Crippen molar-refractivity contribution >= 4 is 11.9 Å². The highest BCUT2D eigenvalue weighted by Crippen LogP contribution is 1.99. The van der Waals surface area contributed by atoms with E-state index in [1.54, 1.807) is 38.1 Å². The Morgan fingerprint density at radius 3 is 2.44 bits per heavy atom. The van der Waals surface area contributed by atoms with Crippen LogP contribution in [0.3, 0.4) is 0 Å². The molecule has 0 atom stereocenters. The van der Waals surface area contributed by atoms with Crippen molar-refractivity contribution in [3.63, 3.8) is 0 Å². The van der Waals surface area contributed by atoms with Gasteiger partial charge in [-0.3, -0.25) is 4.79 Å². The third kappa shape index (κ3) is 4.13. The summed E-state index contributed by atoms with van der Waals surface area (Å²) in [7, 11) is 0. The molecule has 0 aromatic heterocycles. The molecule has 1 aromatic carbocycles. The van der Waals surface area contributed by atoms with Crippen LogP contribution < -0.4 is 5.32 Å². The lowest BCUT2D eigenvalue weighted by Crippen LogP contribution is -2.31. The predicted molar refractivity (Wildman–Crippen MR) is 60.4 cm³/mol. The molecular weight excluding hydrogens is 206 g/mol. The average Bonchev–Trinajstić information content (AvgIpc) is 2.26. The van der Waals surface area contributed by atoms with Gasteiger partial charge in [-0.1, -0.05) is 30.3 Å². The number of hydrogen-bond donors (Lipinski definition) is 1. The Morgan fingerprint density at radius 2 is 1.88 bits per heavy atom. The quantitative estimate of drug-likeness (QED) is 0.791. The van der Waals surface area contributed by atoms with Crippen LogP contribution in [0.2, 0.25) is 0 Å². The summed E-state index contributed by atoms with van der Waals surface area (Å²) >= 11 is 0. The first-order valence-electron chi connectivity index (χ1n) is 5.12. The largest absolute Gasteiger partial charge is 0.447 e. The topological polar surface area (TPSA) is 55.4 Å². The highest BCUT2D eigenvalue weighted by molar-refractivity contribution is 5.98. The van der Waals surface area contributed by atoms with Gasteiger partial charge in [-0.15, -0.1) is 0 Å². The van der Waals surface area contributed by atoms with Gasteiger partial charge >= 0.3 is 6.09 Å². The van der Waals surface area contributed by atoms with E-state index in [1.807, 2.05) is 6.07 Å². The molecule has 4 nitrogen and oxygen atoms in total. The molecule has 0 heterocycles. The lowest BCUT2D eigenvalue weighted by Gasteiger charge is -2.08. The average molecular weight is 221 g/mol. The van der Waals surface area contributed by atoms with Gasteiger partial charge < -0.3 is 10.1 Å². The van der Waals surface area contributed by atoms with Crippen LogP contribution in [0.4, 0.5) is 4.79 Å². The Kier molecular flexibility index (Phi) is 4.51. The van der Waals surface area contributed by atoms with Gasteiger partial charge in [0.2, 0.25) is 0 Å². The van der Waals surface area contributed by atoms with E-state index in [0.29, 0.717) is 5.56 Å². The minimum Gasteiger partial charge on any atom is -0.447 e. The van der Waals surface area contributed by atoms with Crippen molar-refractivity contribution in [2.45, 2.75) is 20.0 Å². The van der Waals surface area contributed by atoms with Gasteiger partial charge in [-0.25, -0.2) is 4.79 Å². The molecule has 0 radical (unpaired) electrons. The number of benzene rings is 1. The summed E-state index contributed by atoms with van der Waals surface area (Å²) in [6, 6.07) is 8.80. The summed E-state index contributed by atoms with van der Waals surface area (Å²) in [6.45, 7) is 3.45. The molecule has 1 amide bonds. The first-order chi connectivity index (χ1) is 7.59. The molecule has 0 spiro atoms. The maximum atomic E-state index is 11.6. The number of hydrogen-bond acceptors (Lipinski definition) is 3. The van der Waals surface area contributed by atoms with Crippen molar-refractivity contribution in [1.29, 1.82) is 0 Å². The van der Waals surface area contributed by atoms with E-state index in [4.69, 9.17) is 4.74 Å². The molecule has 1 aromatic rings. The number of nitrogens with one attached hydrogen (secondary N) is 1. The third-order valence-electron chi connectivity index (χ3n) is 1.83. The van der Waals surface area contributed by atoms with E-state index >= 15 is 0 Å². The highest BCUT2D eigenvalue weighted by Gasteiger charge is 2.08. The molecule has 0 aliphatic rings. The maximum Gasteiger partial charge on any atom is 0.407 e. The fourth-order valence-corrected chi connectivity index (χ4v) is 1.13. The van der Waals surface area contributed by atoms with Crippen molar-refractivity contribution in [2.75, 3.05) is 6.54 Å². The second-order valence-corrected chi connectivity index (χ2v) is 3.60. The zero-order valence-electron chi connectivity index (χ0n) is 9.40. The Balaban J connectivity index is 2.39. The van der Waals surface area contributed by atoms with Gasteiger partial charge in [0.1, 0.15) is 0 Å². The van der Waals surface area contributed by atoms with Crippen molar-refractivity contribution < 1.29 is 14.3 Å². The number of amides is 1. The first kappa shape index (κ1) is 12.2. The van der Waals surface area contributed by atoms with Gasteiger partial charge in [-0.05, 0) is 13.8 Å². The SMILES string of the molecule is CC(C)OC(=O)NCC(=O)c1ccccc1. The van der Waals surface area contributed by atoms with Crippen molar-refractivity contribution in [3.8, 4) is 0 Å². The van der Waals surface area contributed by atoms with Crippen molar-refractivity contribution in [3.05, 3.63) is 35.9 Å². The Hall–Kier alpha value is -1.84. The maximum absolute atomic E-state index is 11.6. The molecule has 1 N–H and O–H groups in total. The minimum atomic E-state index is -0.570. The van der Waals surface area contributed by atoms with Crippen LogP contribution in [0, 0.1) is 0 Å². The van der Waals surface area contributed by atoms with Gasteiger partial charge in [0.05, 0.1) is 12.6 Å². The van der Waals surface area contributed by atoms with Crippen LogP contribution in [0.15, 0.2) is 30.3 Å². The smallest absolute Gasteiger partial charge is 0.407 e. The summed E-state index contributed by atoms with van der Waals surface area (Å²) < 4.78 is 4.83. The molecule has 4 heteroatoms. The monoisotopic (exact) mass is 221 g/mol. The summed E-state index contributed by atoms with van der Waals surface area (Å²) in [5.41, 5.74) is 0.576. The van der Waals surface area contributed by atoms with Gasteiger partial charge in [0, 0.05) is 5.56 Å².